The predicted molar refractivity (Wildman–Crippen MR) is 136 cm³/mol. The summed E-state index contributed by atoms with van der Waals surface area (Å²) in [4.78, 5) is 18.3. The first kappa shape index (κ1) is 23.0. The van der Waals surface area contributed by atoms with E-state index in [0.717, 1.165) is 18.5 Å². The summed E-state index contributed by atoms with van der Waals surface area (Å²) >= 11 is 0. The fraction of sp³-hybridized carbons (Fsp3) is 0.269. The standard InChI is InChI=1S/C26H27N5O3S/c1-17(2)31-25-23(16-27-31)22(15-24(29-25)18-12-13-18)26(32)28-19-8-7-11-21(14-19)35(33,34)30(3)20-9-5-4-6-10-20/h4-11,14-18H,12-13H2,1-3H3,(H,28,32). The molecule has 1 saturated carbocycles. The van der Waals surface area contributed by atoms with Crippen molar-refractivity contribution in [1.29, 1.82) is 0 Å². The van der Waals surface area contributed by atoms with Gasteiger partial charge in [0.15, 0.2) is 5.65 Å². The number of pyridine rings is 1. The number of fused-ring (bicyclic) bond motifs is 1. The smallest absolute Gasteiger partial charge is 0.264 e. The van der Waals surface area contributed by atoms with Crippen LogP contribution < -0.4 is 9.62 Å². The summed E-state index contributed by atoms with van der Waals surface area (Å²) in [5.41, 5.74) is 3.02. The number of aromatic nitrogens is 3. The zero-order valence-electron chi connectivity index (χ0n) is 19.8. The second-order valence-corrected chi connectivity index (χ2v) is 11.0. The molecule has 9 heteroatoms. The van der Waals surface area contributed by atoms with Crippen LogP contribution in [0.2, 0.25) is 0 Å². The van der Waals surface area contributed by atoms with Gasteiger partial charge in [-0.15, -0.1) is 0 Å². The van der Waals surface area contributed by atoms with Gasteiger partial charge in [-0.2, -0.15) is 5.10 Å². The Morgan fingerprint density at radius 1 is 1.09 bits per heavy atom. The van der Waals surface area contributed by atoms with Crippen molar-refractivity contribution in [3.63, 3.8) is 0 Å². The molecule has 0 atom stereocenters. The molecular formula is C26H27N5O3S. The van der Waals surface area contributed by atoms with E-state index in [1.54, 1.807) is 42.6 Å². The topological polar surface area (TPSA) is 97.2 Å². The molecule has 4 aromatic rings. The summed E-state index contributed by atoms with van der Waals surface area (Å²) in [6.45, 7) is 4.05. The van der Waals surface area contributed by atoms with Gasteiger partial charge in [0.05, 0.1) is 27.7 Å². The maximum Gasteiger partial charge on any atom is 0.264 e. The van der Waals surface area contributed by atoms with Crippen molar-refractivity contribution in [3.8, 4) is 0 Å². The zero-order valence-corrected chi connectivity index (χ0v) is 20.7. The maximum atomic E-state index is 13.4. The fourth-order valence-corrected chi connectivity index (χ4v) is 5.30. The SMILES string of the molecule is CC(C)n1ncc2c(C(=O)Nc3cccc(S(=O)(=O)N(C)c4ccccc4)c3)cc(C3CC3)nc21. The Hall–Kier alpha value is -3.72. The van der Waals surface area contributed by atoms with Gasteiger partial charge >= 0.3 is 0 Å². The van der Waals surface area contributed by atoms with E-state index in [2.05, 4.69) is 10.4 Å². The molecule has 2 heterocycles. The number of amides is 1. The number of nitrogens with zero attached hydrogens (tertiary/aromatic N) is 4. The van der Waals surface area contributed by atoms with Crippen LogP contribution in [0.3, 0.4) is 0 Å². The van der Waals surface area contributed by atoms with Crippen molar-refractivity contribution in [2.75, 3.05) is 16.7 Å². The molecule has 1 aliphatic rings. The van der Waals surface area contributed by atoms with Crippen LogP contribution in [0.1, 0.15) is 54.7 Å². The Kier molecular flexibility index (Phi) is 5.80. The third-order valence-corrected chi connectivity index (χ3v) is 7.97. The van der Waals surface area contributed by atoms with Gasteiger partial charge in [0.1, 0.15) is 0 Å². The average Bonchev–Trinajstić information content (AvgIpc) is 3.62. The third-order valence-electron chi connectivity index (χ3n) is 6.19. The Morgan fingerprint density at radius 3 is 2.51 bits per heavy atom. The zero-order chi connectivity index (χ0) is 24.7. The van der Waals surface area contributed by atoms with Crippen LogP contribution in [0.25, 0.3) is 11.0 Å². The number of rotatable bonds is 7. The normalized spacial score (nSPS) is 13.8. The van der Waals surface area contributed by atoms with E-state index in [1.807, 2.05) is 30.7 Å². The number of anilines is 2. The number of hydrogen-bond donors (Lipinski definition) is 1. The number of para-hydroxylation sites is 1. The molecule has 0 unspecified atom stereocenters. The number of carbonyl (C=O) groups excluding carboxylic acids is 1. The number of carbonyl (C=O) groups is 1. The van der Waals surface area contributed by atoms with Crippen LogP contribution in [0, 0.1) is 0 Å². The van der Waals surface area contributed by atoms with Crippen molar-refractivity contribution < 1.29 is 13.2 Å². The first-order valence-corrected chi connectivity index (χ1v) is 13.0. The van der Waals surface area contributed by atoms with Crippen molar-refractivity contribution in [3.05, 3.63) is 78.1 Å². The highest BCUT2D eigenvalue weighted by atomic mass is 32.2. The van der Waals surface area contributed by atoms with E-state index in [1.165, 1.54) is 23.5 Å². The summed E-state index contributed by atoms with van der Waals surface area (Å²) in [7, 11) is -2.30. The van der Waals surface area contributed by atoms with E-state index < -0.39 is 10.0 Å². The third kappa shape index (κ3) is 4.39. The monoisotopic (exact) mass is 489 g/mol. The molecule has 0 saturated heterocycles. The second kappa shape index (κ2) is 8.81. The first-order chi connectivity index (χ1) is 16.8. The van der Waals surface area contributed by atoms with Gasteiger partial charge in [-0.1, -0.05) is 24.3 Å². The molecule has 5 rings (SSSR count). The molecule has 0 radical (unpaired) electrons. The first-order valence-electron chi connectivity index (χ1n) is 11.6. The average molecular weight is 490 g/mol. The van der Waals surface area contributed by atoms with Crippen LogP contribution in [0.4, 0.5) is 11.4 Å². The van der Waals surface area contributed by atoms with Crippen molar-refractivity contribution in [2.24, 2.45) is 0 Å². The highest BCUT2D eigenvalue weighted by Crippen LogP contribution is 2.40. The molecule has 0 aliphatic heterocycles. The second-order valence-electron chi connectivity index (χ2n) is 9.08. The van der Waals surface area contributed by atoms with Crippen molar-refractivity contribution in [1.82, 2.24) is 14.8 Å². The largest absolute Gasteiger partial charge is 0.322 e. The number of nitrogens with one attached hydrogen (secondary N) is 1. The van der Waals surface area contributed by atoms with Gasteiger partial charge in [-0.25, -0.2) is 18.1 Å². The fourth-order valence-electron chi connectivity index (χ4n) is 4.06. The van der Waals surface area contributed by atoms with Crippen LogP contribution in [0.5, 0.6) is 0 Å². The van der Waals surface area contributed by atoms with Crippen molar-refractivity contribution in [2.45, 2.75) is 43.5 Å². The molecular weight excluding hydrogens is 462 g/mol. The Morgan fingerprint density at radius 2 is 1.83 bits per heavy atom. The maximum absolute atomic E-state index is 13.4. The van der Waals surface area contributed by atoms with Crippen LogP contribution >= 0.6 is 0 Å². The van der Waals surface area contributed by atoms with Gasteiger partial charge in [0.2, 0.25) is 0 Å². The summed E-state index contributed by atoms with van der Waals surface area (Å²) in [6.07, 6.45) is 3.79. The lowest BCUT2D eigenvalue weighted by Crippen LogP contribution is -2.26. The highest BCUT2D eigenvalue weighted by molar-refractivity contribution is 7.92. The van der Waals surface area contributed by atoms with E-state index in [4.69, 9.17) is 4.98 Å². The van der Waals surface area contributed by atoms with E-state index in [0.29, 0.717) is 33.9 Å². The number of sulfonamides is 1. The van der Waals surface area contributed by atoms with Crippen molar-refractivity contribution >= 4 is 38.3 Å². The molecule has 8 nitrogen and oxygen atoms in total. The lowest BCUT2D eigenvalue weighted by molar-refractivity contribution is 0.102. The molecule has 0 spiro atoms. The Bertz CT molecular complexity index is 1510. The molecule has 1 fully saturated rings. The minimum Gasteiger partial charge on any atom is -0.322 e. The summed E-state index contributed by atoms with van der Waals surface area (Å²) < 4.78 is 29.5. The van der Waals surface area contributed by atoms with Gasteiger partial charge in [0, 0.05) is 30.4 Å². The van der Waals surface area contributed by atoms with E-state index in [9.17, 15) is 13.2 Å². The van der Waals surface area contributed by atoms with Gasteiger partial charge < -0.3 is 5.32 Å². The van der Waals surface area contributed by atoms with Crippen LogP contribution in [0.15, 0.2) is 71.8 Å². The van der Waals surface area contributed by atoms with Gasteiger partial charge in [-0.3, -0.25) is 9.10 Å². The van der Waals surface area contributed by atoms with E-state index in [-0.39, 0.29) is 16.8 Å². The molecule has 1 N–H and O–H groups in total. The molecule has 35 heavy (non-hydrogen) atoms. The van der Waals surface area contributed by atoms with Crippen LogP contribution in [-0.2, 0) is 10.0 Å². The summed E-state index contributed by atoms with van der Waals surface area (Å²) in [5.74, 6) is 0.0389. The highest BCUT2D eigenvalue weighted by Gasteiger charge is 2.28. The Balaban J connectivity index is 1.47. The lowest BCUT2D eigenvalue weighted by atomic mass is 10.1. The molecule has 1 amide bonds. The molecule has 1 aliphatic carbocycles. The minimum absolute atomic E-state index is 0.0906. The number of hydrogen-bond acceptors (Lipinski definition) is 5. The molecule has 2 aromatic heterocycles. The molecule has 180 valence electrons. The summed E-state index contributed by atoms with van der Waals surface area (Å²) in [6, 6.07) is 17.1. The quantitative estimate of drug-likeness (QED) is 0.395. The lowest BCUT2D eigenvalue weighted by Gasteiger charge is -2.20. The number of benzene rings is 2. The molecule has 2 aromatic carbocycles. The Labute approximate surface area is 204 Å². The van der Waals surface area contributed by atoms with Gasteiger partial charge in [0.25, 0.3) is 15.9 Å². The molecule has 0 bridgehead atoms. The van der Waals surface area contributed by atoms with E-state index >= 15 is 0 Å². The summed E-state index contributed by atoms with van der Waals surface area (Å²) in [5, 5.41) is 8.00. The van der Waals surface area contributed by atoms with Crippen LogP contribution in [-0.4, -0.2) is 36.1 Å². The van der Waals surface area contributed by atoms with Gasteiger partial charge in [-0.05, 0) is 63.1 Å². The predicted octanol–water partition coefficient (Wildman–Crippen LogP) is 4.97. The minimum atomic E-state index is -3.81.